The zero-order chi connectivity index (χ0) is 13.7. The van der Waals surface area contributed by atoms with Gasteiger partial charge in [-0.05, 0) is 13.3 Å². The molecule has 1 amide bonds. The van der Waals surface area contributed by atoms with Crippen molar-refractivity contribution in [1.29, 1.82) is 0 Å². The van der Waals surface area contributed by atoms with Crippen LogP contribution in [0.3, 0.4) is 0 Å². The van der Waals surface area contributed by atoms with E-state index in [1.807, 2.05) is 6.92 Å². The summed E-state index contributed by atoms with van der Waals surface area (Å²) in [6.45, 7) is 3.70. The molecule has 1 aromatic rings. The van der Waals surface area contributed by atoms with Gasteiger partial charge in [0.1, 0.15) is 6.04 Å². The molecule has 1 atom stereocenters. The summed E-state index contributed by atoms with van der Waals surface area (Å²) in [5, 5.41) is 15.6. The Morgan fingerprint density at radius 3 is 2.67 bits per heavy atom. The van der Waals surface area contributed by atoms with E-state index < -0.39 is 12.0 Å². The van der Waals surface area contributed by atoms with Gasteiger partial charge in [0, 0.05) is 13.2 Å². The van der Waals surface area contributed by atoms with Crippen LogP contribution in [0, 0.1) is 6.92 Å². The maximum absolute atomic E-state index is 11.9. The minimum Gasteiger partial charge on any atom is -0.480 e. The van der Waals surface area contributed by atoms with Crippen LogP contribution in [-0.2, 0) is 11.8 Å². The van der Waals surface area contributed by atoms with Gasteiger partial charge in [-0.1, -0.05) is 19.8 Å². The summed E-state index contributed by atoms with van der Waals surface area (Å²) < 4.78 is 1.53. The number of aliphatic carboxylic acids is 1. The first-order valence-corrected chi connectivity index (χ1v) is 5.99. The van der Waals surface area contributed by atoms with Crippen molar-refractivity contribution in [2.75, 3.05) is 0 Å². The fourth-order valence-corrected chi connectivity index (χ4v) is 1.72. The number of carbonyl (C=O) groups is 2. The number of unbranched alkanes of at least 4 members (excludes halogenated alkanes) is 1. The van der Waals surface area contributed by atoms with E-state index in [0.717, 1.165) is 12.8 Å². The molecule has 1 aromatic heterocycles. The Hall–Kier alpha value is -1.85. The zero-order valence-corrected chi connectivity index (χ0v) is 10.9. The number of rotatable bonds is 6. The number of aromatic nitrogens is 2. The van der Waals surface area contributed by atoms with Gasteiger partial charge in [-0.15, -0.1) is 0 Å². The predicted molar refractivity (Wildman–Crippen MR) is 66.4 cm³/mol. The average Bonchev–Trinajstić information content (AvgIpc) is 2.63. The van der Waals surface area contributed by atoms with E-state index in [1.54, 1.807) is 20.2 Å². The van der Waals surface area contributed by atoms with Crippen LogP contribution in [0.5, 0.6) is 0 Å². The predicted octanol–water partition coefficient (Wildman–Crippen LogP) is 1.10. The lowest BCUT2D eigenvalue weighted by atomic mass is 10.1. The molecule has 0 saturated carbocycles. The summed E-state index contributed by atoms with van der Waals surface area (Å²) in [5.41, 5.74) is 1.01. The van der Waals surface area contributed by atoms with Crippen molar-refractivity contribution in [3.8, 4) is 0 Å². The summed E-state index contributed by atoms with van der Waals surface area (Å²) in [5.74, 6) is -1.39. The standard InChI is InChI=1S/C12H19N3O3/c1-4-5-6-10(12(17)18)13-11(16)9-7-15(3)14-8(9)2/h7,10H,4-6H2,1-3H3,(H,13,16)(H,17,18)/t10-/m0/s1. The number of hydrogen-bond acceptors (Lipinski definition) is 3. The molecule has 0 saturated heterocycles. The van der Waals surface area contributed by atoms with Crippen LogP contribution in [0.4, 0.5) is 0 Å². The molecular formula is C12H19N3O3. The lowest BCUT2D eigenvalue weighted by Gasteiger charge is -2.13. The van der Waals surface area contributed by atoms with E-state index in [4.69, 9.17) is 5.11 Å². The summed E-state index contributed by atoms with van der Waals surface area (Å²) in [4.78, 5) is 23.0. The smallest absolute Gasteiger partial charge is 0.326 e. The molecule has 0 spiro atoms. The molecule has 0 bridgehead atoms. The quantitative estimate of drug-likeness (QED) is 0.795. The summed E-state index contributed by atoms with van der Waals surface area (Å²) >= 11 is 0. The zero-order valence-electron chi connectivity index (χ0n) is 10.9. The van der Waals surface area contributed by atoms with Gasteiger partial charge < -0.3 is 10.4 Å². The Labute approximate surface area is 106 Å². The van der Waals surface area contributed by atoms with E-state index in [9.17, 15) is 9.59 Å². The second kappa shape index (κ2) is 6.18. The van der Waals surface area contributed by atoms with E-state index >= 15 is 0 Å². The van der Waals surface area contributed by atoms with Gasteiger partial charge in [0.25, 0.3) is 5.91 Å². The van der Waals surface area contributed by atoms with Crippen LogP contribution in [0.2, 0.25) is 0 Å². The van der Waals surface area contributed by atoms with Crippen molar-refractivity contribution in [2.45, 2.75) is 39.2 Å². The second-order valence-electron chi connectivity index (χ2n) is 4.31. The van der Waals surface area contributed by atoms with E-state index in [0.29, 0.717) is 17.7 Å². The molecule has 2 N–H and O–H groups in total. The first-order chi connectivity index (χ1) is 8.45. The first-order valence-electron chi connectivity index (χ1n) is 5.99. The number of carboxylic acids is 1. The maximum Gasteiger partial charge on any atom is 0.326 e. The van der Waals surface area contributed by atoms with Gasteiger partial charge in [-0.25, -0.2) is 4.79 Å². The number of nitrogens with zero attached hydrogens (tertiary/aromatic N) is 2. The van der Waals surface area contributed by atoms with Crippen LogP contribution in [0.1, 0.15) is 42.2 Å². The van der Waals surface area contributed by atoms with Crippen LogP contribution in [-0.4, -0.2) is 32.8 Å². The Balaban J connectivity index is 2.72. The summed E-state index contributed by atoms with van der Waals surface area (Å²) in [6.07, 6.45) is 3.69. The highest BCUT2D eigenvalue weighted by Crippen LogP contribution is 2.07. The third-order valence-electron chi connectivity index (χ3n) is 2.71. The van der Waals surface area contributed by atoms with Crippen molar-refractivity contribution in [3.05, 3.63) is 17.5 Å². The monoisotopic (exact) mass is 253 g/mol. The van der Waals surface area contributed by atoms with Crippen molar-refractivity contribution < 1.29 is 14.7 Å². The molecule has 1 heterocycles. The van der Waals surface area contributed by atoms with Crippen LogP contribution < -0.4 is 5.32 Å². The molecule has 0 fully saturated rings. The Morgan fingerprint density at radius 2 is 2.22 bits per heavy atom. The van der Waals surface area contributed by atoms with E-state index in [-0.39, 0.29) is 5.91 Å². The SMILES string of the molecule is CCCC[C@H](NC(=O)c1cn(C)nc1C)C(=O)O. The minimum atomic E-state index is -1.00. The normalized spacial score (nSPS) is 12.2. The molecule has 0 aliphatic carbocycles. The van der Waals surface area contributed by atoms with Crippen LogP contribution in [0.15, 0.2) is 6.20 Å². The Kier molecular flexibility index (Phi) is 4.88. The maximum atomic E-state index is 11.9. The lowest BCUT2D eigenvalue weighted by Crippen LogP contribution is -2.40. The van der Waals surface area contributed by atoms with E-state index in [1.165, 1.54) is 4.68 Å². The van der Waals surface area contributed by atoms with E-state index in [2.05, 4.69) is 10.4 Å². The highest BCUT2D eigenvalue weighted by atomic mass is 16.4. The van der Waals surface area contributed by atoms with Crippen molar-refractivity contribution >= 4 is 11.9 Å². The molecule has 0 aliphatic rings. The van der Waals surface area contributed by atoms with Crippen LogP contribution in [0.25, 0.3) is 0 Å². The first kappa shape index (κ1) is 14.2. The summed E-state index contributed by atoms with van der Waals surface area (Å²) in [7, 11) is 1.72. The molecule has 0 radical (unpaired) electrons. The second-order valence-corrected chi connectivity index (χ2v) is 4.31. The largest absolute Gasteiger partial charge is 0.480 e. The van der Waals surface area contributed by atoms with Gasteiger partial charge in [-0.3, -0.25) is 9.48 Å². The van der Waals surface area contributed by atoms with Crippen molar-refractivity contribution in [3.63, 3.8) is 0 Å². The van der Waals surface area contributed by atoms with Crippen molar-refractivity contribution in [2.24, 2.45) is 7.05 Å². The van der Waals surface area contributed by atoms with Crippen LogP contribution >= 0.6 is 0 Å². The Bertz CT molecular complexity index is 440. The number of nitrogens with one attached hydrogen (secondary N) is 1. The van der Waals surface area contributed by atoms with Gasteiger partial charge >= 0.3 is 5.97 Å². The fraction of sp³-hybridized carbons (Fsp3) is 0.583. The molecule has 6 heteroatoms. The Morgan fingerprint density at radius 1 is 1.56 bits per heavy atom. The number of aryl methyl sites for hydroxylation is 2. The number of carbonyl (C=O) groups excluding carboxylic acids is 1. The van der Waals surface area contributed by atoms with Gasteiger partial charge in [-0.2, -0.15) is 5.10 Å². The highest BCUT2D eigenvalue weighted by Gasteiger charge is 2.21. The molecule has 18 heavy (non-hydrogen) atoms. The lowest BCUT2D eigenvalue weighted by molar-refractivity contribution is -0.139. The van der Waals surface area contributed by atoms with Gasteiger partial charge in [0.2, 0.25) is 0 Å². The molecule has 6 nitrogen and oxygen atoms in total. The number of amides is 1. The van der Waals surface area contributed by atoms with Gasteiger partial charge in [0.15, 0.2) is 0 Å². The third-order valence-corrected chi connectivity index (χ3v) is 2.71. The van der Waals surface area contributed by atoms with Crippen molar-refractivity contribution in [1.82, 2.24) is 15.1 Å². The fourth-order valence-electron chi connectivity index (χ4n) is 1.72. The molecule has 0 unspecified atom stereocenters. The molecule has 100 valence electrons. The molecule has 1 rings (SSSR count). The number of carboxylic acid groups (broad SMARTS) is 1. The minimum absolute atomic E-state index is 0.385. The average molecular weight is 253 g/mol. The molecule has 0 aromatic carbocycles. The number of hydrogen-bond donors (Lipinski definition) is 2. The van der Waals surface area contributed by atoms with Gasteiger partial charge in [0.05, 0.1) is 11.3 Å². The topological polar surface area (TPSA) is 84.2 Å². The molecular weight excluding hydrogens is 234 g/mol. The summed E-state index contributed by atoms with van der Waals surface area (Å²) in [6, 6.07) is -0.836. The third kappa shape index (κ3) is 3.58. The molecule has 0 aliphatic heterocycles. The highest BCUT2D eigenvalue weighted by molar-refractivity contribution is 5.97.